The summed E-state index contributed by atoms with van der Waals surface area (Å²) < 4.78 is 16.2. The average molecular weight is 616 g/mol. The SMILES string of the molecule is CCOC(=O)c1cc(-c2ccc3cc([Si](C)(C)C)sc3c2)c(C(=O)OCC)cc1-c1ccc2cc([Si](C)C)sc2c1. The zero-order valence-electron chi connectivity index (χ0n) is 24.6. The molecule has 3 aromatic carbocycles. The highest BCUT2D eigenvalue weighted by Crippen LogP contribution is 2.37. The van der Waals surface area contributed by atoms with Gasteiger partial charge in [0.1, 0.15) is 0 Å². The fourth-order valence-electron chi connectivity index (χ4n) is 4.85. The topological polar surface area (TPSA) is 52.6 Å². The van der Waals surface area contributed by atoms with Crippen LogP contribution in [-0.4, -0.2) is 42.0 Å². The molecule has 211 valence electrons. The molecule has 1 radical (unpaired) electrons. The molecule has 0 aliphatic heterocycles. The predicted octanol–water partition coefficient (Wildman–Crippen LogP) is 8.31. The Morgan fingerprint density at radius 1 is 0.707 bits per heavy atom. The smallest absolute Gasteiger partial charge is 0.338 e. The summed E-state index contributed by atoms with van der Waals surface area (Å²) in [6.45, 7) is 15.8. The Labute approximate surface area is 252 Å². The second kappa shape index (κ2) is 11.7. The lowest BCUT2D eigenvalue weighted by atomic mass is 9.90. The van der Waals surface area contributed by atoms with Crippen molar-refractivity contribution in [3.05, 3.63) is 71.8 Å². The van der Waals surface area contributed by atoms with Crippen LogP contribution in [0.3, 0.4) is 0 Å². The molecule has 5 aromatic rings. The van der Waals surface area contributed by atoms with E-state index in [0.29, 0.717) is 22.3 Å². The lowest BCUT2D eigenvalue weighted by Crippen LogP contribution is -2.34. The molecule has 2 aromatic heterocycles. The second-order valence-electron chi connectivity index (χ2n) is 11.4. The Bertz CT molecular complexity index is 1780. The van der Waals surface area contributed by atoms with Gasteiger partial charge in [-0.05, 0) is 92.3 Å². The minimum absolute atomic E-state index is 0.263. The van der Waals surface area contributed by atoms with Crippen molar-refractivity contribution in [1.29, 1.82) is 0 Å². The van der Waals surface area contributed by atoms with Crippen molar-refractivity contribution >= 4 is 80.7 Å². The molecule has 8 heteroatoms. The van der Waals surface area contributed by atoms with Gasteiger partial charge in [0.25, 0.3) is 0 Å². The second-order valence-corrected chi connectivity index (χ2v) is 21.8. The standard InChI is InChI=1S/C33H35O4S2Si2/c1-8-36-32(34)26-19-25(21-11-13-23-17-31(41(5,6)7)39-29(23)15-21)27(33(35)37-9-2)18-24(26)20-10-12-22-16-30(40(3)4)38-28(22)14-20/h10-19H,8-9H2,1-7H3. The molecule has 0 aliphatic carbocycles. The van der Waals surface area contributed by atoms with Gasteiger partial charge in [-0.25, -0.2) is 9.59 Å². The Balaban J connectivity index is 1.73. The van der Waals surface area contributed by atoms with Crippen LogP contribution < -0.4 is 9.00 Å². The fourth-order valence-corrected chi connectivity index (χ4v) is 10.3. The monoisotopic (exact) mass is 615 g/mol. The van der Waals surface area contributed by atoms with E-state index in [2.05, 4.69) is 69.1 Å². The molecule has 0 aliphatic rings. The van der Waals surface area contributed by atoms with Crippen LogP contribution in [-0.2, 0) is 9.47 Å². The Kier molecular flexibility index (Phi) is 8.39. The molecule has 0 fully saturated rings. The van der Waals surface area contributed by atoms with E-state index in [1.807, 2.05) is 35.6 Å². The van der Waals surface area contributed by atoms with Gasteiger partial charge in [-0.3, -0.25) is 0 Å². The van der Waals surface area contributed by atoms with Crippen LogP contribution in [0.15, 0.2) is 60.7 Å². The van der Waals surface area contributed by atoms with Gasteiger partial charge in [-0.2, -0.15) is 0 Å². The van der Waals surface area contributed by atoms with Gasteiger partial charge in [0.15, 0.2) is 0 Å². The van der Waals surface area contributed by atoms with E-state index in [4.69, 9.17) is 9.47 Å². The van der Waals surface area contributed by atoms with Gasteiger partial charge in [0, 0.05) is 9.40 Å². The van der Waals surface area contributed by atoms with Crippen LogP contribution in [0.2, 0.25) is 32.7 Å². The first-order chi connectivity index (χ1) is 19.5. The molecule has 0 bridgehead atoms. The van der Waals surface area contributed by atoms with Crippen molar-refractivity contribution in [1.82, 2.24) is 0 Å². The predicted molar refractivity (Wildman–Crippen MR) is 180 cm³/mol. The van der Waals surface area contributed by atoms with E-state index in [1.165, 1.54) is 29.2 Å². The van der Waals surface area contributed by atoms with Gasteiger partial charge < -0.3 is 9.47 Å². The molecular weight excluding hydrogens is 581 g/mol. The minimum atomic E-state index is -1.47. The van der Waals surface area contributed by atoms with Gasteiger partial charge in [-0.15, -0.1) is 22.7 Å². The first-order valence-electron chi connectivity index (χ1n) is 13.9. The number of hydrogen-bond acceptors (Lipinski definition) is 6. The van der Waals surface area contributed by atoms with Crippen LogP contribution in [0.25, 0.3) is 42.4 Å². The largest absolute Gasteiger partial charge is 0.462 e. The summed E-state index contributed by atoms with van der Waals surface area (Å²) in [5.74, 6) is -0.811. The zero-order valence-corrected chi connectivity index (χ0v) is 28.3. The highest BCUT2D eigenvalue weighted by molar-refractivity contribution is 7.31. The Morgan fingerprint density at radius 2 is 1.20 bits per heavy atom. The summed E-state index contributed by atoms with van der Waals surface area (Å²) in [7, 11) is -2.04. The van der Waals surface area contributed by atoms with Crippen LogP contribution >= 0.6 is 22.7 Å². The van der Waals surface area contributed by atoms with Crippen molar-refractivity contribution in [2.45, 2.75) is 46.6 Å². The number of thiophene rings is 2. The molecule has 0 saturated carbocycles. The highest BCUT2D eigenvalue weighted by Gasteiger charge is 2.24. The molecule has 4 nitrogen and oxygen atoms in total. The van der Waals surface area contributed by atoms with Gasteiger partial charge in [0.2, 0.25) is 0 Å². The Hall–Kier alpha value is -3.05. The molecule has 0 saturated heterocycles. The van der Waals surface area contributed by atoms with Crippen molar-refractivity contribution in [2.75, 3.05) is 13.2 Å². The number of carbonyl (C=O) groups excluding carboxylic acids is 2. The third kappa shape index (κ3) is 5.97. The number of hydrogen-bond donors (Lipinski definition) is 0. The van der Waals surface area contributed by atoms with E-state index >= 15 is 0 Å². The molecular formula is C33H35O4S2Si2. The summed E-state index contributed by atoms with van der Waals surface area (Å²) >= 11 is 3.62. The van der Waals surface area contributed by atoms with E-state index in [9.17, 15) is 9.59 Å². The van der Waals surface area contributed by atoms with Crippen LogP contribution in [0, 0.1) is 0 Å². The van der Waals surface area contributed by atoms with Gasteiger partial charge >= 0.3 is 11.9 Å². The molecule has 0 amide bonds. The molecule has 41 heavy (non-hydrogen) atoms. The first kappa shape index (κ1) is 29.4. The number of rotatable bonds is 8. The minimum Gasteiger partial charge on any atom is -0.462 e. The average Bonchev–Trinajstić information content (AvgIpc) is 3.56. The molecule has 0 unspecified atom stereocenters. The summed E-state index contributed by atoms with van der Waals surface area (Å²) in [5.41, 5.74) is 3.97. The summed E-state index contributed by atoms with van der Waals surface area (Å²) in [6.07, 6.45) is 0. The van der Waals surface area contributed by atoms with Crippen molar-refractivity contribution < 1.29 is 19.1 Å². The maximum absolute atomic E-state index is 13.4. The molecule has 2 heterocycles. The summed E-state index contributed by atoms with van der Waals surface area (Å²) in [4.78, 5) is 26.8. The molecule has 0 spiro atoms. The lowest BCUT2D eigenvalue weighted by molar-refractivity contribution is 0.0513. The van der Waals surface area contributed by atoms with Crippen LogP contribution in [0.4, 0.5) is 0 Å². The van der Waals surface area contributed by atoms with Crippen molar-refractivity contribution in [3.63, 3.8) is 0 Å². The molecule has 0 N–H and O–H groups in total. The summed E-state index contributed by atoms with van der Waals surface area (Å²) in [6, 6.07) is 20.7. The van der Waals surface area contributed by atoms with E-state index in [1.54, 1.807) is 25.2 Å². The number of fused-ring (bicyclic) bond motifs is 2. The summed E-state index contributed by atoms with van der Waals surface area (Å²) in [5, 5.41) is 2.39. The number of carbonyl (C=O) groups is 2. The van der Waals surface area contributed by atoms with Gasteiger partial charge in [0.05, 0.1) is 41.2 Å². The maximum atomic E-state index is 13.4. The van der Waals surface area contributed by atoms with Crippen molar-refractivity contribution in [3.8, 4) is 22.3 Å². The highest BCUT2D eigenvalue weighted by atomic mass is 32.1. The number of ether oxygens (including phenoxy) is 2. The maximum Gasteiger partial charge on any atom is 0.338 e. The third-order valence-corrected chi connectivity index (χ3v) is 15.3. The zero-order chi connectivity index (χ0) is 29.5. The van der Waals surface area contributed by atoms with E-state index < -0.39 is 28.8 Å². The Morgan fingerprint density at radius 3 is 1.66 bits per heavy atom. The first-order valence-corrected chi connectivity index (χ1v) is 21.5. The molecule has 5 rings (SSSR count). The van der Waals surface area contributed by atoms with E-state index in [0.717, 1.165) is 11.1 Å². The third-order valence-electron chi connectivity index (χ3n) is 7.04. The number of esters is 2. The number of benzene rings is 3. The fraction of sp³-hybridized carbons (Fsp3) is 0.273. The lowest BCUT2D eigenvalue weighted by Gasteiger charge is -2.16. The van der Waals surface area contributed by atoms with Crippen LogP contribution in [0.5, 0.6) is 0 Å². The molecule has 0 atom stereocenters. The van der Waals surface area contributed by atoms with Crippen molar-refractivity contribution in [2.24, 2.45) is 0 Å². The van der Waals surface area contributed by atoms with E-state index in [-0.39, 0.29) is 13.2 Å². The quantitative estimate of drug-likeness (QED) is 0.130. The van der Waals surface area contributed by atoms with Gasteiger partial charge in [-0.1, -0.05) is 57.0 Å². The van der Waals surface area contributed by atoms with Crippen LogP contribution in [0.1, 0.15) is 34.6 Å². The normalized spacial score (nSPS) is 11.9.